The molecule has 0 fully saturated rings. The van der Waals surface area contributed by atoms with Crippen LogP contribution in [0.15, 0.2) is 0 Å². The summed E-state index contributed by atoms with van der Waals surface area (Å²) in [4.78, 5) is 0. The zero-order valence-corrected chi connectivity index (χ0v) is 35.0. The van der Waals surface area contributed by atoms with E-state index in [9.17, 15) is 0 Å². The Morgan fingerprint density at radius 2 is 0.643 bits per heavy atom. The summed E-state index contributed by atoms with van der Waals surface area (Å²) in [6.45, 7) is 14.3. The van der Waals surface area contributed by atoms with E-state index in [-0.39, 0.29) is 0 Å². The molecule has 2 heteroatoms. The molecule has 0 aliphatic carbocycles. The summed E-state index contributed by atoms with van der Waals surface area (Å²) in [7, 11) is 0.450. The van der Waals surface area contributed by atoms with Gasteiger partial charge < -0.3 is 0 Å². The van der Waals surface area contributed by atoms with Gasteiger partial charge in [-0.15, -0.1) is 0 Å². The van der Waals surface area contributed by atoms with Gasteiger partial charge in [0.1, 0.15) is 0 Å². The standard InChI is InChI=1S/C24H50S.2C8H17.Sn.H/c1-3-5-7-9-11-13-15-17-19-21-23-25-24-22-20-18-16-14-12-10-8-6-4-2;2*1-4-5-6-7-8(2)3;;/h3-24H2,1-2H3;2*8H,1,4-7H2,2-3H3;;/q;;;-1;/p+1. The SMILES string of the molecule is CCCCCCCCCCCC[SH](CCCCCCCCCCCC)[SnH]([CH2]CCCCC(C)C)[CH2]CCCCC(C)C. The van der Waals surface area contributed by atoms with Gasteiger partial charge in [-0.25, -0.2) is 0 Å². The third-order valence-electron chi connectivity index (χ3n) is 9.75. The van der Waals surface area contributed by atoms with Crippen LogP contribution < -0.4 is 0 Å². The quantitative estimate of drug-likeness (QED) is 0.0377. The van der Waals surface area contributed by atoms with Gasteiger partial charge in [-0.2, -0.15) is 0 Å². The molecule has 0 aromatic heterocycles. The van der Waals surface area contributed by atoms with Crippen LogP contribution in [0.5, 0.6) is 0 Å². The van der Waals surface area contributed by atoms with Gasteiger partial charge in [-0.1, -0.05) is 13.8 Å². The third kappa shape index (κ3) is 32.5. The van der Waals surface area contributed by atoms with Crippen LogP contribution in [0.3, 0.4) is 0 Å². The van der Waals surface area contributed by atoms with E-state index in [0.717, 1.165) is 11.8 Å². The molecule has 0 unspecified atom stereocenters. The van der Waals surface area contributed by atoms with Gasteiger partial charge in [-0.3, -0.25) is 0 Å². The van der Waals surface area contributed by atoms with Gasteiger partial charge in [0.15, 0.2) is 0 Å². The maximum absolute atomic E-state index is 2.41. The number of hydrogen-bond donors (Lipinski definition) is 1. The second kappa shape index (κ2) is 35.0. The Morgan fingerprint density at radius 1 is 0.357 bits per heavy atom. The molecular formula is C40H86SSn. The third-order valence-corrected chi connectivity index (χ3v) is 35.4. The molecule has 256 valence electrons. The molecule has 0 aliphatic rings. The zero-order chi connectivity index (χ0) is 30.9. The Kier molecular flexibility index (Phi) is 36.0. The van der Waals surface area contributed by atoms with Crippen molar-refractivity contribution in [1.82, 2.24) is 0 Å². The molecule has 0 saturated carbocycles. The molecule has 0 nitrogen and oxygen atoms in total. The van der Waals surface area contributed by atoms with Crippen molar-refractivity contribution < 1.29 is 0 Å². The summed E-state index contributed by atoms with van der Waals surface area (Å²) < 4.78 is 3.54. The molecule has 42 heavy (non-hydrogen) atoms. The molecular weight excluding hydrogens is 631 g/mol. The van der Waals surface area contributed by atoms with E-state index >= 15 is 0 Å². The van der Waals surface area contributed by atoms with E-state index in [4.69, 9.17) is 0 Å². The fraction of sp³-hybridized carbons (Fsp3) is 1.00. The molecule has 0 aromatic carbocycles. The topological polar surface area (TPSA) is 0 Å². The van der Waals surface area contributed by atoms with Gasteiger partial charge in [0.25, 0.3) is 0 Å². The van der Waals surface area contributed by atoms with E-state index in [1.165, 1.54) is 128 Å². The van der Waals surface area contributed by atoms with Crippen LogP contribution in [0.1, 0.15) is 221 Å². The summed E-state index contributed by atoms with van der Waals surface area (Å²) in [5.74, 6) is 5.19. The second-order valence-corrected chi connectivity index (χ2v) is 35.4. The first kappa shape index (κ1) is 43.1. The zero-order valence-electron chi connectivity index (χ0n) is 30.8. The van der Waals surface area contributed by atoms with Crippen molar-refractivity contribution in [2.75, 3.05) is 11.5 Å². The monoisotopic (exact) mass is 719 g/mol. The first-order valence-corrected chi connectivity index (χ1v) is 31.1. The molecule has 0 heterocycles. The predicted octanol–water partition coefficient (Wildman–Crippen LogP) is 15.0. The van der Waals surface area contributed by atoms with E-state index in [2.05, 4.69) is 41.5 Å². The number of unbranched alkanes of at least 4 members (excludes halogenated alkanes) is 22. The van der Waals surface area contributed by atoms with Crippen molar-refractivity contribution >= 4 is 26.5 Å². The molecule has 0 N–H and O–H groups in total. The van der Waals surface area contributed by atoms with E-state index in [0.29, 0.717) is 8.08 Å². The predicted molar refractivity (Wildman–Crippen MR) is 206 cm³/mol. The number of thiol groups is 1. The molecule has 0 saturated heterocycles. The molecule has 0 aromatic rings. The normalized spacial score (nSPS) is 12.4. The van der Waals surface area contributed by atoms with Crippen molar-refractivity contribution in [3.05, 3.63) is 0 Å². The first-order valence-electron chi connectivity index (χ1n) is 20.2. The average Bonchev–Trinajstić information content (AvgIpc) is 2.96. The van der Waals surface area contributed by atoms with Crippen LogP contribution >= 0.6 is 8.08 Å². The Hall–Kier alpha value is 1.15. The molecule has 0 bridgehead atoms. The van der Waals surface area contributed by atoms with Gasteiger partial charge in [0.2, 0.25) is 0 Å². The second-order valence-electron chi connectivity index (χ2n) is 15.1. The van der Waals surface area contributed by atoms with Crippen LogP contribution in [0.4, 0.5) is 0 Å². The summed E-state index contributed by atoms with van der Waals surface area (Å²) in [5.41, 5.74) is 0. The van der Waals surface area contributed by atoms with Gasteiger partial charge >= 0.3 is 266 Å². The van der Waals surface area contributed by atoms with Crippen molar-refractivity contribution in [2.45, 2.75) is 230 Å². The van der Waals surface area contributed by atoms with E-state index in [1.54, 1.807) is 71.7 Å². The summed E-state index contributed by atoms with van der Waals surface area (Å²) in [6, 6.07) is 0. The first-order chi connectivity index (χ1) is 20.5. The Bertz CT molecular complexity index is 448. The molecule has 0 radical (unpaired) electrons. The van der Waals surface area contributed by atoms with Crippen LogP contribution in [0, 0.1) is 11.8 Å². The van der Waals surface area contributed by atoms with Crippen molar-refractivity contribution in [3.63, 3.8) is 0 Å². The fourth-order valence-corrected chi connectivity index (χ4v) is 33.0. The van der Waals surface area contributed by atoms with Gasteiger partial charge in [0, 0.05) is 0 Å². The number of rotatable bonds is 35. The minimum absolute atomic E-state index is 0.450. The maximum atomic E-state index is 2.41. The Morgan fingerprint density at radius 3 is 0.952 bits per heavy atom. The van der Waals surface area contributed by atoms with Crippen LogP contribution in [-0.2, 0) is 0 Å². The van der Waals surface area contributed by atoms with Gasteiger partial charge in [-0.05, 0) is 0 Å². The van der Waals surface area contributed by atoms with E-state index in [1.807, 2.05) is 0 Å². The molecule has 0 spiro atoms. The van der Waals surface area contributed by atoms with Gasteiger partial charge in [0.05, 0.1) is 0 Å². The van der Waals surface area contributed by atoms with Crippen molar-refractivity contribution in [2.24, 2.45) is 11.8 Å². The van der Waals surface area contributed by atoms with Crippen LogP contribution in [0.2, 0.25) is 8.87 Å². The molecule has 0 rings (SSSR count). The summed E-state index contributed by atoms with van der Waals surface area (Å²) >= 11 is -1.43. The summed E-state index contributed by atoms with van der Waals surface area (Å²) in [5, 5.41) is 0. The van der Waals surface area contributed by atoms with Crippen LogP contribution in [0.25, 0.3) is 0 Å². The Labute approximate surface area is 278 Å². The average molecular weight is 718 g/mol. The Balaban J connectivity index is 4.69. The summed E-state index contributed by atoms with van der Waals surface area (Å²) in [6.07, 6.45) is 42.2. The molecule has 0 amide bonds. The van der Waals surface area contributed by atoms with Crippen molar-refractivity contribution in [3.8, 4) is 0 Å². The van der Waals surface area contributed by atoms with Crippen molar-refractivity contribution in [1.29, 1.82) is 0 Å². The fourth-order valence-electron chi connectivity index (χ4n) is 6.81. The van der Waals surface area contributed by atoms with E-state index < -0.39 is 18.4 Å². The minimum atomic E-state index is -1.43. The molecule has 0 atom stereocenters. The van der Waals surface area contributed by atoms with Crippen LogP contribution in [-0.4, -0.2) is 29.9 Å². The molecule has 0 aliphatic heterocycles. The number of hydrogen-bond acceptors (Lipinski definition) is 0.